The Hall–Kier alpha value is -3.09. The number of ketones is 1. The predicted octanol–water partition coefficient (Wildman–Crippen LogP) is 2.92. The molecule has 0 saturated carbocycles. The second-order valence-corrected chi connectivity index (χ2v) is 5.62. The molecule has 0 fully saturated rings. The molecule has 0 radical (unpaired) electrons. The van der Waals surface area contributed by atoms with Crippen LogP contribution in [0.1, 0.15) is 22.3 Å². The average molecular weight is 360 g/mol. The van der Waals surface area contributed by atoms with Gasteiger partial charge in [-0.05, 0) is 42.3 Å². The van der Waals surface area contributed by atoms with E-state index in [0.29, 0.717) is 17.9 Å². The maximum Gasteiger partial charge on any atom is 0.306 e. The molecule has 0 aliphatic carbocycles. The molecule has 0 aromatic heterocycles. The third-order valence-electron chi connectivity index (χ3n) is 3.88. The predicted molar refractivity (Wildman–Crippen MR) is 89.1 cm³/mol. The Kier molecular flexibility index (Phi) is 5.36. The van der Waals surface area contributed by atoms with Gasteiger partial charge in [0, 0.05) is 6.42 Å². The number of hydrogen-bond donors (Lipinski definition) is 0. The van der Waals surface area contributed by atoms with Crippen molar-refractivity contribution in [3.05, 3.63) is 53.3 Å². The Morgan fingerprint density at radius 2 is 1.92 bits per heavy atom. The summed E-state index contributed by atoms with van der Waals surface area (Å²) in [5.41, 5.74) is 0.931. The van der Waals surface area contributed by atoms with Crippen LogP contribution in [-0.2, 0) is 16.0 Å². The SMILES string of the molecule is COc1ccc(F)cc1C(=O)COC(=O)CCc1ccc2c(c1)OCO2. The Bertz CT molecular complexity index is 833. The highest BCUT2D eigenvalue weighted by Crippen LogP contribution is 2.32. The molecule has 1 aliphatic rings. The van der Waals surface area contributed by atoms with Gasteiger partial charge in [-0.25, -0.2) is 4.39 Å². The second-order valence-electron chi connectivity index (χ2n) is 5.62. The van der Waals surface area contributed by atoms with Crippen LogP contribution in [0.3, 0.4) is 0 Å². The highest BCUT2D eigenvalue weighted by molar-refractivity contribution is 6.00. The van der Waals surface area contributed by atoms with Crippen molar-refractivity contribution >= 4 is 11.8 Å². The maximum atomic E-state index is 13.3. The van der Waals surface area contributed by atoms with Gasteiger partial charge in [0.15, 0.2) is 18.1 Å². The highest BCUT2D eigenvalue weighted by Gasteiger charge is 2.17. The van der Waals surface area contributed by atoms with Gasteiger partial charge in [-0.2, -0.15) is 0 Å². The van der Waals surface area contributed by atoms with E-state index in [1.165, 1.54) is 19.2 Å². The zero-order valence-electron chi connectivity index (χ0n) is 14.1. The van der Waals surface area contributed by atoms with E-state index in [4.69, 9.17) is 18.9 Å². The van der Waals surface area contributed by atoms with E-state index in [1.807, 2.05) is 6.07 Å². The van der Waals surface area contributed by atoms with Gasteiger partial charge in [-0.3, -0.25) is 9.59 Å². The van der Waals surface area contributed by atoms with Gasteiger partial charge in [0.25, 0.3) is 0 Å². The minimum atomic E-state index is -0.566. The maximum absolute atomic E-state index is 13.3. The van der Waals surface area contributed by atoms with Crippen molar-refractivity contribution in [2.24, 2.45) is 0 Å². The summed E-state index contributed by atoms with van der Waals surface area (Å²) in [4.78, 5) is 24.0. The van der Waals surface area contributed by atoms with Crippen molar-refractivity contribution in [2.45, 2.75) is 12.8 Å². The molecule has 136 valence electrons. The number of aryl methyl sites for hydroxylation is 1. The molecule has 0 unspecified atom stereocenters. The molecule has 7 heteroatoms. The van der Waals surface area contributed by atoms with Crippen LogP contribution in [0.2, 0.25) is 0 Å². The van der Waals surface area contributed by atoms with E-state index in [0.717, 1.165) is 11.6 Å². The molecule has 26 heavy (non-hydrogen) atoms. The van der Waals surface area contributed by atoms with E-state index in [9.17, 15) is 14.0 Å². The molecule has 6 nitrogen and oxygen atoms in total. The van der Waals surface area contributed by atoms with E-state index in [-0.39, 0.29) is 24.5 Å². The van der Waals surface area contributed by atoms with Gasteiger partial charge >= 0.3 is 5.97 Å². The van der Waals surface area contributed by atoms with Crippen molar-refractivity contribution in [3.8, 4) is 17.2 Å². The Morgan fingerprint density at radius 1 is 1.12 bits per heavy atom. The van der Waals surface area contributed by atoms with Crippen molar-refractivity contribution in [3.63, 3.8) is 0 Å². The quantitative estimate of drug-likeness (QED) is 0.558. The largest absolute Gasteiger partial charge is 0.496 e. The first-order chi connectivity index (χ1) is 12.6. The number of fused-ring (bicyclic) bond motifs is 1. The van der Waals surface area contributed by atoms with Crippen LogP contribution in [0, 0.1) is 5.82 Å². The fourth-order valence-corrected chi connectivity index (χ4v) is 2.54. The number of ether oxygens (including phenoxy) is 4. The summed E-state index contributed by atoms with van der Waals surface area (Å²) in [6.07, 6.45) is 0.542. The van der Waals surface area contributed by atoms with Gasteiger partial charge in [-0.15, -0.1) is 0 Å². The monoisotopic (exact) mass is 360 g/mol. The summed E-state index contributed by atoms with van der Waals surface area (Å²) in [5.74, 6) is -0.0736. The zero-order valence-corrected chi connectivity index (χ0v) is 14.1. The summed E-state index contributed by atoms with van der Waals surface area (Å²) in [5, 5.41) is 0. The zero-order chi connectivity index (χ0) is 18.5. The summed E-state index contributed by atoms with van der Waals surface area (Å²) < 4.78 is 33.8. The lowest BCUT2D eigenvalue weighted by Gasteiger charge is -2.08. The number of hydrogen-bond acceptors (Lipinski definition) is 6. The first kappa shape index (κ1) is 17.7. The van der Waals surface area contributed by atoms with Crippen LogP contribution in [0.25, 0.3) is 0 Å². The fraction of sp³-hybridized carbons (Fsp3) is 0.263. The van der Waals surface area contributed by atoms with E-state index in [1.54, 1.807) is 12.1 Å². The Balaban J connectivity index is 1.51. The summed E-state index contributed by atoms with van der Waals surface area (Å²) in [7, 11) is 1.38. The van der Waals surface area contributed by atoms with Crippen molar-refractivity contribution < 1.29 is 32.9 Å². The summed E-state index contributed by atoms with van der Waals surface area (Å²) in [6.45, 7) is -0.285. The molecular weight excluding hydrogens is 343 g/mol. The lowest BCUT2D eigenvalue weighted by atomic mass is 10.1. The molecule has 1 aliphatic heterocycles. The van der Waals surface area contributed by atoms with E-state index >= 15 is 0 Å². The standard InChI is InChI=1S/C19H17FO6/c1-23-16-6-4-13(20)9-14(16)15(21)10-24-19(22)7-3-12-2-5-17-18(8-12)26-11-25-17/h2,4-6,8-9H,3,7,10-11H2,1H3. The molecule has 0 bridgehead atoms. The molecule has 0 atom stereocenters. The number of methoxy groups -OCH3 is 1. The molecule has 3 rings (SSSR count). The second kappa shape index (κ2) is 7.86. The highest BCUT2D eigenvalue weighted by atomic mass is 19.1. The number of carbonyl (C=O) groups excluding carboxylic acids is 2. The van der Waals surface area contributed by atoms with Gasteiger partial charge in [0.1, 0.15) is 11.6 Å². The van der Waals surface area contributed by atoms with Crippen LogP contribution >= 0.6 is 0 Å². The van der Waals surface area contributed by atoms with Crippen LogP contribution in [0.4, 0.5) is 4.39 Å². The lowest BCUT2D eigenvalue weighted by molar-refractivity contribution is -0.142. The molecule has 0 spiro atoms. The minimum absolute atomic E-state index is 0.0380. The summed E-state index contributed by atoms with van der Waals surface area (Å²) in [6, 6.07) is 9.02. The van der Waals surface area contributed by atoms with E-state index < -0.39 is 24.2 Å². The molecule has 1 heterocycles. The van der Waals surface area contributed by atoms with Crippen molar-refractivity contribution in [1.82, 2.24) is 0 Å². The molecule has 0 N–H and O–H groups in total. The van der Waals surface area contributed by atoms with Crippen LogP contribution in [-0.4, -0.2) is 32.3 Å². The molecule has 0 saturated heterocycles. The number of Topliss-reactive ketones (excluding diaryl/α,β-unsaturated/α-hetero) is 1. The van der Waals surface area contributed by atoms with Gasteiger partial charge in [0.05, 0.1) is 12.7 Å². The molecule has 2 aromatic rings. The minimum Gasteiger partial charge on any atom is -0.496 e. The van der Waals surface area contributed by atoms with Crippen LogP contribution in [0.15, 0.2) is 36.4 Å². The smallest absolute Gasteiger partial charge is 0.306 e. The molecule has 2 aromatic carbocycles. The van der Waals surface area contributed by atoms with Gasteiger partial charge < -0.3 is 18.9 Å². The average Bonchev–Trinajstić information content (AvgIpc) is 3.12. The third kappa shape index (κ3) is 4.11. The fourth-order valence-electron chi connectivity index (χ4n) is 2.54. The Morgan fingerprint density at radius 3 is 2.73 bits per heavy atom. The summed E-state index contributed by atoms with van der Waals surface area (Å²) >= 11 is 0. The van der Waals surface area contributed by atoms with Crippen LogP contribution < -0.4 is 14.2 Å². The Labute approximate surface area is 149 Å². The third-order valence-corrected chi connectivity index (χ3v) is 3.88. The number of rotatable bonds is 7. The van der Waals surface area contributed by atoms with Gasteiger partial charge in [-0.1, -0.05) is 6.07 Å². The van der Waals surface area contributed by atoms with E-state index in [2.05, 4.69) is 0 Å². The van der Waals surface area contributed by atoms with Crippen molar-refractivity contribution in [2.75, 3.05) is 20.5 Å². The topological polar surface area (TPSA) is 71.1 Å². The molecular formula is C19H17FO6. The number of carbonyl (C=O) groups is 2. The number of esters is 1. The van der Waals surface area contributed by atoms with Crippen LogP contribution in [0.5, 0.6) is 17.2 Å². The van der Waals surface area contributed by atoms with Crippen molar-refractivity contribution in [1.29, 1.82) is 0 Å². The number of halogens is 1. The molecule has 0 amide bonds. The number of benzene rings is 2. The first-order valence-electron chi connectivity index (χ1n) is 7.97. The normalized spacial score (nSPS) is 11.9. The first-order valence-corrected chi connectivity index (χ1v) is 7.97. The lowest BCUT2D eigenvalue weighted by Crippen LogP contribution is -2.15. The van der Waals surface area contributed by atoms with Gasteiger partial charge in [0.2, 0.25) is 12.6 Å².